The molecule has 0 fully saturated rings. The third-order valence-corrected chi connectivity index (χ3v) is 3.79. The molecular weight excluding hydrogens is 387 g/mol. The van der Waals surface area contributed by atoms with Crippen LogP contribution in [0.15, 0.2) is 42.5 Å². The maximum absolute atomic E-state index is 11.2. The molecule has 0 aliphatic heterocycles. The fourth-order valence-corrected chi connectivity index (χ4v) is 1.94. The van der Waals surface area contributed by atoms with E-state index in [1.165, 1.54) is 5.56 Å². The summed E-state index contributed by atoms with van der Waals surface area (Å²) in [5.74, 6) is -0.298. The van der Waals surface area contributed by atoms with Crippen molar-refractivity contribution in [2.45, 2.75) is 25.4 Å². The molecule has 0 aromatic heterocycles. The second kappa shape index (κ2) is 10.4. The van der Waals surface area contributed by atoms with Crippen molar-refractivity contribution < 1.29 is 40.2 Å². The minimum absolute atomic E-state index is 0.298. The Balaban J connectivity index is 0.000000713. The molecule has 0 aliphatic rings. The Morgan fingerprint density at radius 1 is 1.22 bits per heavy atom. The lowest BCUT2D eigenvalue weighted by Gasteiger charge is -2.29. The highest BCUT2D eigenvalue weighted by atomic mass is 32.2. The van der Waals surface area contributed by atoms with Crippen LogP contribution in [0.2, 0.25) is 0 Å². The van der Waals surface area contributed by atoms with Crippen molar-refractivity contribution in [2.75, 3.05) is 27.2 Å². The molecular formula is C17H24F3NO5S. The van der Waals surface area contributed by atoms with Crippen LogP contribution in [-0.2, 0) is 26.2 Å². The molecule has 0 spiro atoms. The van der Waals surface area contributed by atoms with Crippen LogP contribution in [0.3, 0.4) is 0 Å². The zero-order valence-electron chi connectivity index (χ0n) is 15.5. The van der Waals surface area contributed by atoms with Crippen LogP contribution in [0.4, 0.5) is 13.2 Å². The number of alkyl halides is 3. The van der Waals surface area contributed by atoms with Gasteiger partial charge in [-0.25, -0.2) is 13.2 Å². The first-order valence-electron chi connectivity index (χ1n) is 7.86. The normalized spacial score (nSPS) is 12.0. The summed E-state index contributed by atoms with van der Waals surface area (Å²) in [6.45, 7) is 7.64. The predicted octanol–water partition coefficient (Wildman–Crippen LogP) is 2.82. The second-order valence-corrected chi connectivity index (χ2v) is 7.84. The van der Waals surface area contributed by atoms with Crippen LogP contribution >= 0.6 is 0 Å². The summed E-state index contributed by atoms with van der Waals surface area (Å²) in [6, 6.07) is 10.4. The third kappa shape index (κ3) is 11.4. The Morgan fingerprint density at radius 2 is 1.70 bits per heavy atom. The number of benzene rings is 1. The van der Waals surface area contributed by atoms with E-state index in [0.717, 1.165) is 24.0 Å². The number of carbonyl (C=O) groups is 1. The molecule has 0 heterocycles. The van der Waals surface area contributed by atoms with Crippen LogP contribution in [0.5, 0.6) is 0 Å². The summed E-state index contributed by atoms with van der Waals surface area (Å²) in [4.78, 5) is 11.2. The number of rotatable bonds is 7. The molecule has 6 nitrogen and oxygen atoms in total. The van der Waals surface area contributed by atoms with Gasteiger partial charge in [-0.1, -0.05) is 36.9 Å². The smallest absolute Gasteiger partial charge is 0.485 e. The summed E-state index contributed by atoms with van der Waals surface area (Å²) in [5, 5.41) is 0. The quantitative estimate of drug-likeness (QED) is 0.172. The lowest BCUT2D eigenvalue weighted by molar-refractivity contribution is -0.903. The molecule has 0 aliphatic carbocycles. The van der Waals surface area contributed by atoms with E-state index in [9.17, 15) is 18.0 Å². The largest absolute Gasteiger partial charge is 0.741 e. The van der Waals surface area contributed by atoms with Gasteiger partial charge >= 0.3 is 11.5 Å². The van der Waals surface area contributed by atoms with Crippen LogP contribution < -0.4 is 0 Å². The molecule has 27 heavy (non-hydrogen) atoms. The van der Waals surface area contributed by atoms with Gasteiger partial charge in [0.15, 0.2) is 10.1 Å². The highest BCUT2D eigenvalue weighted by Crippen LogP contribution is 2.20. The predicted molar refractivity (Wildman–Crippen MR) is 93.3 cm³/mol. The van der Waals surface area contributed by atoms with Gasteiger partial charge in [0.25, 0.3) is 0 Å². The summed E-state index contributed by atoms with van der Waals surface area (Å²) >= 11 is 0. The van der Waals surface area contributed by atoms with Crippen molar-refractivity contribution in [3.8, 4) is 0 Å². The molecule has 1 rings (SSSR count). The van der Waals surface area contributed by atoms with E-state index in [1.807, 2.05) is 6.07 Å². The van der Waals surface area contributed by atoms with E-state index >= 15 is 0 Å². The molecule has 1 aromatic rings. The number of halogens is 3. The monoisotopic (exact) mass is 411 g/mol. The van der Waals surface area contributed by atoms with Gasteiger partial charge in [-0.05, 0) is 6.92 Å². The number of hydrogen-bond acceptors (Lipinski definition) is 5. The van der Waals surface area contributed by atoms with Crippen molar-refractivity contribution in [2.24, 2.45) is 0 Å². The van der Waals surface area contributed by atoms with Crippen LogP contribution in [0.25, 0.3) is 0 Å². The van der Waals surface area contributed by atoms with Gasteiger partial charge in [0.05, 0.1) is 27.2 Å². The van der Waals surface area contributed by atoms with E-state index in [-0.39, 0.29) is 5.97 Å². The molecule has 0 saturated carbocycles. The van der Waals surface area contributed by atoms with Crippen molar-refractivity contribution in [3.05, 3.63) is 48.0 Å². The minimum Gasteiger partial charge on any atom is -0.741 e. The Kier molecular flexibility index (Phi) is 9.69. The molecule has 10 heteroatoms. The Bertz CT molecular complexity index is 716. The lowest BCUT2D eigenvalue weighted by atomic mass is 10.2. The van der Waals surface area contributed by atoms with E-state index in [0.29, 0.717) is 12.2 Å². The number of ether oxygens (including phenoxy) is 1. The molecule has 1 aromatic carbocycles. The average molecular weight is 411 g/mol. The van der Waals surface area contributed by atoms with Gasteiger partial charge in [-0.3, -0.25) is 0 Å². The number of esters is 1. The molecule has 154 valence electrons. The van der Waals surface area contributed by atoms with Crippen molar-refractivity contribution in [3.63, 3.8) is 0 Å². The molecule has 0 bridgehead atoms. The topological polar surface area (TPSA) is 83.5 Å². The van der Waals surface area contributed by atoms with E-state index in [4.69, 9.17) is 17.7 Å². The summed E-state index contributed by atoms with van der Waals surface area (Å²) in [5.41, 5.74) is -3.86. The molecule has 0 unspecified atom stereocenters. The van der Waals surface area contributed by atoms with Crippen molar-refractivity contribution in [1.82, 2.24) is 0 Å². The zero-order valence-corrected chi connectivity index (χ0v) is 16.3. The first kappa shape index (κ1) is 25.1. The number of carbonyl (C=O) groups excluding carboxylic acids is 1. The van der Waals surface area contributed by atoms with Gasteiger partial charge in [0.2, 0.25) is 0 Å². The molecule has 0 saturated heterocycles. The molecule has 0 amide bonds. The second-order valence-electron chi connectivity index (χ2n) is 6.47. The fourth-order valence-electron chi connectivity index (χ4n) is 1.94. The lowest BCUT2D eigenvalue weighted by Crippen LogP contribution is -2.40. The highest BCUT2D eigenvalue weighted by molar-refractivity contribution is 7.86. The molecule has 0 N–H and O–H groups in total. The minimum atomic E-state index is -6.09. The number of hydrogen-bond donors (Lipinski definition) is 0. The van der Waals surface area contributed by atoms with Crippen LogP contribution in [0.1, 0.15) is 18.9 Å². The Morgan fingerprint density at radius 3 is 2.11 bits per heavy atom. The van der Waals surface area contributed by atoms with Gasteiger partial charge in [0.1, 0.15) is 6.54 Å². The highest BCUT2D eigenvalue weighted by Gasteiger charge is 2.36. The van der Waals surface area contributed by atoms with Crippen molar-refractivity contribution >= 4 is 16.1 Å². The summed E-state index contributed by atoms with van der Waals surface area (Å²) in [7, 11) is -1.71. The SMILES string of the molecule is C=C(C)C(=O)OCCC[N+](C)(C)Cc1ccccc1.O=S(=O)([O-])C(F)(F)F. The van der Waals surface area contributed by atoms with E-state index in [2.05, 4.69) is 44.9 Å². The maximum atomic E-state index is 11.2. The number of nitrogens with zero attached hydrogens (tertiary/aromatic N) is 1. The third-order valence-electron chi connectivity index (χ3n) is 3.23. The fraction of sp³-hybridized carbons (Fsp3) is 0.471. The van der Waals surface area contributed by atoms with Crippen LogP contribution in [-0.4, -0.2) is 56.2 Å². The van der Waals surface area contributed by atoms with Crippen LogP contribution in [0, 0.1) is 0 Å². The zero-order chi connectivity index (χ0) is 21.3. The maximum Gasteiger partial charge on any atom is 0.485 e. The average Bonchev–Trinajstić information content (AvgIpc) is 2.50. The van der Waals surface area contributed by atoms with Gasteiger partial charge in [-0.15, -0.1) is 0 Å². The van der Waals surface area contributed by atoms with Gasteiger partial charge in [-0.2, -0.15) is 13.2 Å². The molecule has 0 radical (unpaired) electrons. The van der Waals surface area contributed by atoms with E-state index in [1.54, 1.807) is 6.92 Å². The first-order chi connectivity index (χ1) is 12.2. The number of quaternary nitrogens is 1. The molecule has 0 atom stereocenters. The first-order valence-corrected chi connectivity index (χ1v) is 9.27. The standard InChI is InChI=1S/C16H24NO2.CHF3O3S/c1-14(2)16(18)19-12-8-11-17(3,4)13-15-9-6-5-7-10-15;2-1(3,4)8(5,6)7/h5-7,9-10H,1,8,11-13H2,2-4H3;(H,5,6,7)/q+1;/p-1. The Labute approximate surface area is 157 Å². The van der Waals surface area contributed by atoms with Crippen molar-refractivity contribution in [1.29, 1.82) is 0 Å². The summed E-state index contributed by atoms with van der Waals surface area (Å²) in [6.07, 6.45) is 0.860. The van der Waals surface area contributed by atoms with E-state index < -0.39 is 15.6 Å². The Hall–Kier alpha value is -1.91. The van der Waals surface area contributed by atoms with Gasteiger partial charge in [0, 0.05) is 17.6 Å². The van der Waals surface area contributed by atoms with Gasteiger partial charge < -0.3 is 13.8 Å². The summed E-state index contributed by atoms with van der Waals surface area (Å²) < 4.78 is 64.9.